The standard InChI is InChI=1S/C16H27NO3S/c1-4-5-6-12-17(14(2)3)21(19,20)16-9-7-15(8-10-16)11-13-18/h7-10,14,18H,4-6,11-13H2,1-3H3. The van der Waals surface area contributed by atoms with Crippen LogP contribution in [0.2, 0.25) is 0 Å². The van der Waals surface area contributed by atoms with E-state index in [2.05, 4.69) is 6.92 Å². The van der Waals surface area contributed by atoms with E-state index < -0.39 is 10.0 Å². The van der Waals surface area contributed by atoms with E-state index in [0.717, 1.165) is 24.8 Å². The highest BCUT2D eigenvalue weighted by atomic mass is 32.2. The quantitative estimate of drug-likeness (QED) is 0.713. The van der Waals surface area contributed by atoms with Crippen molar-refractivity contribution in [1.82, 2.24) is 4.31 Å². The molecule has 0 amide bonds. The molecule has 0 aromatic heterocycles. The Morgan fingerprint density at radius 2 is 1.76 bits per heavy atom. The van der Waals surface area contributed by atoms with E-state index in [1.54, 1.807) is 28.6 Å². The van der Waals surface area contributed by atoms with Crippen molar-refractivity contribution in [3.63, 3.8) is 0 Å². The zero-order valence-corrected chi connectivity index (χ0v) is 14.1. The van der Waals surface area contributed by atoms with E-state index in [9.17, 15) is 8.42 Å². The van der Waals surface area contributed by atoms with Crippen LogP contribution in [0.5, 0.6) is 0 Å². The van der Waals surface area contributed by atoms with Crippen LogP contribution in [0.3, 0.4) is 0 Å². The molecule has 120 valence electrons. The average Bonchev–Trinajstić information content (AvgIpc) is 2.44. The van der Waals surface area contributed by atoms with Crippen LogP contribution in [0.1, 0.15) is 45.6 Å². The van der Waals surface area contributed by atoms with Crippen LogP contribution >= 0.6 is 0 Å². The van der Waals surface area contributed by atoms with Gasteiger partial charge in [-0.15, -0.1) is 0 Å². The molecule has 0 heterocycles. The number of unbranched alkanes of at least 4 members (excludes halogenated alkanes) is 2. The van der Waals surface area contributed by atoms with Gasteiger partial charge in [0.2, 0.25) is 10.0 Å². The molecular weight excluding hydrogens is 286 g/mol. The van der Waals surface area contributed by atoms with Crippen LogP contribution in [-0.4, -0.2) is 37.0 Å². The van der Waals surface area contributed by atoms with Gasteiger partial charge >= 0.3 is 0 Å². The highest BCUT2D eigenvalue weighted by Gasteiger charge is 2.26. The average molecular weight is 313 g/mol. The number of hydrogen-bond donors (Lipinski definition) is 1. The Bertz CT molecular complexity index is 509. The SMILES string of the molecule is CCCCCN(C(C)C)S(=O)(=O)c1ccc(CCO)cc1. The summed E-state index contributed by atoms with van der Waals surface area (Å²) in [6.45, 7) is 6.55. The summed E-state index contributed by atoms with van der Waals surface area (Å²) in [5, 5.41) is 8.90. The first-order valence-electron chi connectivity index (χ1n) is 7.65. The van der Waals surface area contributed by atoms with E-state index in [0.29, 0.717) is 17.9 Å². The molecule has 0 saturated carbocycles. The largest absolute Gasteiger partial charge is 0.396 e. The number of rotatable bonds is 9. The first-order valence-corrected chi connectivity index (χ1v) is 9.09. The molecule has 0 unspecified atom stereocenters. The molecule has 0 bridgehead atoms. The first kappa shape index (κ1) is 18.1. The van der Waals surface area contributed by atoms with Gasteiger partial charge in [-0.3, -0.25) is 0 Å². The van der Waals surface area contributed by atoms with Gasteiger partial charge in [-0.2, -0.15) is 4.31 Å². The number of sulfonamides is 1. The van der Waals surface area contributed by atoms with Gasteiger partial charge in [0.1, 0.15) is 0 Å². The van der Waals surface area contributed by atoms with E-state index in [1.165, 1.54) is 0 Å². The molecular formula is C16H27NO3S. The maximum Gasteiger partial charge on any atom is 0.243 e. The van der Waals surface area contributed by atoms with Crippen LogP contribution in [0, 0.1) is 0 Å². The van der Waals surface area contributed by atoms with Crippen molar-refractivity contribution in [1.29, 1.82) is 0 Å². The molecule has 1 aromatic carbocycles. The normalized spacial score (nSPS) is 12.3. The molecule has 0 saturated heterocycles. The van der Waals surface area contributed by atoms with Crippen molar-refractivity contribution in [2.24, 2.45) is 0 Å². The Balaban J connectivity index is 2.93. The molecule has 0 atom stereocenters. The predicted octanol–water partition coefficient (Wildman–Crippen LogP) is 2.81. The number of nitrogens with zero attached hydrogens (tertiary/aromatic N) is 1. The number of aliphatic hydroxyl groups is 1. The highest BCUT2D eigenvalue weighted by Crippen LogP contribution is 2.20. The summed E-state index contributed by atoms with van der Waals surface area (Å²) < 4.78 is 27.0. The van der Waals surface area contributed by atoms with Crippen molar-refractivity contribution in [3.8, 4) is 0 Å². The maximum absolute atomic E-state index is 12.7. The summed E-state index contributed by atoms with van der Waals surface area (Å²) in [7, 11) is -3.44. The lowest BCUT2D eigenvalue weighted by atomic mass is 10.2. The second-order valence-corrected chi connectivity index (χ2v) is 7.42. The lowest BCUT2D eigenvalue weighted by molar-refractivity contribution is 0.299. The van der Waals surface area contributed by atoms with E-state index >= 15 is 0 Å². The van der Waals surface area contributed by atoms with Crippen LogP contribution in [0.25, 0.3) is 0 Å². The molecule has 0 aliphatic rings. The molecule has 1 aromatic rings. The predicted molar refractivity (Wildman–Crippen MR) is 85.8 cm³/mol. The Morgan fingerprint density at radius 1 is 1.14 bits per heavy atom. The van der Waals surface area contributed by atoms with Crippen LogP contribution in [0.15, 0.2) is 29.2 Å². The third-order valence-corrected chi connectivity index (χ3v) is 5.58. The number of aliphatic hydroxyl groups excluding tert-OH is 1. The third-order valence-electron chi connectivity index (χ3n) is 3.49. The second kappa shape index (κ2) is 8.51. The number of hydrogen-bond acceptors (Lipinski definition) is 3. The van der Waals surface area contributed by atoms with E-state index in [-0.39, 0.29) is 12.6 Å². The highest BCUT2D eigenvalue weighted by molar-refractivity contribution is 7.89. The molecule has 21 heavy (non-hydrogen) atoms. The van der Waals surface area contributed by atoms with Gasteiger partial charge in [0.05, 0.1) is 4.90 Å². The molecule has 5 heteroatoms. The van der Waals surface area contributed by atoms with Gasteiger partial charge in [0, 0.05) is 19.2 Å². The zero-order valence-electron chi connectivity index (χ0n) is 13.2. The van der Waals surface area contributed by atoms with Crippen LogP contribution < -0.4 is 0 Å². The Hall–Kier alpha value is -0.910. The van der Waals surface area contributed by atoms with Gasteiger partial charge in [0.15, 0.2) is 0 Å². The molecule has 0 aliphatic carbocycles. The monoisotopic (exact) mass is 313 g/mol. The Labute approximate surface area is 128 Å². The lowest BCUT2D eigenvalue weighted by Crippen LogP contribution is -2.37. The summed E-state index contributed by atoms with van der Waals surface area (Å²) in [4.78, 5) is 0.328. The molecule has 0 aliphatic heterocycles. The number of benzene rings is 1. The summed E-state index contributed by atoms with van der Waals surface area (Å²) >= 11 is 0. The fourth-order valence-electron chi connectivity index (χ4n) is 2.27. The fraction of sp³-hybridized carbons (Fsp3) is 0.625. The van der Waals surface area contributed by atoms with Crippen molar-refractivity contribution in [3.05, 3.63) is 29.8 Å². The van der Waals surface area contributed by atoms with Gasteiger partial charge in [-0.05, 0) is 44.4 Å². The Kier molecular flexibility index (Phi) is 7.35. The molecule has 0 spiro atoms. The minimum Gasteiger partial charge on any atom is -0.396 e. The molecule has 0 fully saturated rings. The fourth-order valence-corrected chi connectivity index (χ4v) is 3.94. The molecule has 1 N–H and O–H groups in total. The summed E-state index contributed by atoms with van der Waals surface area (Å²) in [6.07, 6.45) is 3.54. The van der Waals surface area contributed by atoms with E-state index in [1.807, 2.05) is 13.8 Å². The van der Waals surface area contributed by atoms with Crippen molar-refractivity contribution in [2.45, 2.75) is 57.4 Å². The topological polar surface area (TPSA) is 57.6 Å². The van der Waals surface area contributed by atoms with E-state index in [4.69, 9.17) is 5.11 Å². The van der Waals surface area contributed by atoms with Gasteiger partial charge in [0.25, 0.3) is 0 Å². The third kappa shape index (κ3) is 5.09. The molecule has 0 radical (unpaired) electrons. The van der Waals surface area contributed by atoms with Gasteiger partial charge in [-0.25, -0.2) is 8.42 Å². The summed E-state index contributed by atoms with van der Waals surface area (Å²) in [5.74, 6) is 0. The molecule has 4 nitrogen and oxygen atoms in total. The summed E-state index contributed by atoms with van der Waals surface area (Å²) in [5.41, 5.74) is 0.943. The van der Waals surface area contributed by atoms with Crippen molar-refractivity contribution >= 4 is 10.0 Å². The first-order chi connectivity index (χ1) is 9.93. The maximum atomic E-state index is 12.7. The summed E-state index contributed by atoms with van der Waals surface area (Å²) in [6, 6.07) is 6.76. The Morgan fingerprint density at radius 3 is 2.24 bits per heavy atom. The van der Waals surface area contributed by atoms with Crippen molar-refractivity contribution < 1.29 is 13.5 Å². The second-order valence-electron chi connectivity index (χ2n) is 5.53. The zero-order chi connectivity index (χ0) is 15.9. The minimum atomic E-state index is -3.44. The van der Waals surface area contributed by atoms with Crippen LogP contribution in [-0.2, 0) is 16.4 Å². The smallest absolute Gasteiger partial charge is 0.243 e. The van der Waals surface area contributed by atoms with Gasteiger partial charge < -0.3 is 5.11 Å². The minimum absolute atomic E-state index is 0.0519. The van der Waals surface area contributed by atoms with Crippen LogP contribution in [0.4, 0.5) is 0 Å². The lowest BCUT2D eigenvalue weighted by Gasteiger charge is -2.26. The van der Waals surface area contributed by atoms with Crippen molar-refractivity contribution in [2.75, 3.05) is 13.2 Å². The van der Waals surface area contributed by atoms with Gasteiger partial charge in [-0.1, -0.05) is 31.9 Å². The molecule has 1 rings (SSSR count).